The molecular weight excluding hydrogens is 331 g/mol. The van der Waals surface area contributed by atoms with Crippen molar-refractivity contribution in [2.75, 3.05) is 5.43 Å². The van der Waals surface area contributed by atoms with Crippen LogP contribution < -0.4 is 21.8 Å². The first-order chi connectivity index (χ1) is 12.6. The standard InChI is InChI=1S/C20H17FN4O/c1-2-12-13-5-3-4-6-17(13)24-19(14-8-7-11(26)9-16(14)21)15-10-23-20(25-22)18(12)15/h2-10,19,23,25-26H,1,22H2. The van der Waals surface area contributed by atoms with Crippen LogP contribution in [0.2, 0.25) is 0 Å². The van der Waals surface area contributed by atoms with E-state index >= 15 is 0 Å². The molecule has 0 bridgehead atoms. The largest absolute Gasteiger partial charge is 0.508 e. The number of hydrazine groups is 1. The fraction of sp³-hybridized carbons (Fsp3) is 0.0500. The fourth-order valence-electron chi connectivity index (χ4n) is 3.40. The van der Waals surface area contributed by atoms with Crippen molar-refractivity contribution < 1.29 is 9.50 Å². The van der Waals surface area contributed by atoms with E-state index in [0.717, 1.165) is 33.3 Å². The van der Waals surface area contributed by atoms with Crippen molar-refractivity contribution in [3.8, 4) is 5.75 Å². The summed E-state index contributed by atoms with van der Waals surface area (Å²) in [5, 5.41) is 11.2. The molecule has 1 unspecified atom stereocenters. The van der Waals surface area contributed by atoms with Gasteiger partial charge in [-0.1, -0.05) is 30.9 Å². The van der Waals surface area contributed by atoms with Gasteiger partial charge in [-0.15, -0.1) is 0 Å². The summed E-state index contributed by atoms with van der Waals surface area (Å²) in [5.41, 5.74) is 5.45. The van der Waals surface area contributed by atoms with Crippen LogP contribution in [0.4, 0.5) is 10.2 Å². The monoisotopic (exact) mass is 348 g/mol. The average molecular weight is 348 g/mol. The third kappa shape index (κ3) is 2.39. The number of nitrogen functional groups attached to an aromatic ring is 1. The van der Waals surface area contributed by atoms with E-state index in [2.05, 4.69) is 17.0 Å². The molecule has 5 N–H and O–H groups in total. The summed E-state index contributed by atoms with van der Waals surface area (Å²) >= 11 is 0. The van der Waals surface area contributed by atoms with Crippen molar-refractivity contribution in [1.82, 2.24) is 4.98 Å². The van der Waals surface area contributed by atoms with Crippen LogP contribution in [-0.4, -0.2) is 10.1 Å². The van der Waals surface area contributed by atoms with Gasteiger partial charge in [-0.05, 0) is 23.8 Å². The van der Waals surface area contributed by atoms with Gasteiger partial charge in [0.05, 0.1) is 5.36 Å². The molecular formula is C20H17FN4O. The number of hydrogen-bond donors (Lipinski definition) is 4. The van der Waals surface area contributed by atoms with Gasteiger partial charge in [-0.3, -0.25) is 4.99 Å². The van der Waals surface area contributed by atoms with Crippen LogP contribution in [0.15, 0.2) is 66.3 Å². The Hall–Kier alpha value is -3.38. The molecule has 0 amide bonds. The van der Waals surface area contributed by atoms with Gasteiger partial charge in [0.2, 0.25) is 0 Å². The van der Waals surface area contributed by atoms with E-state index in [1.54, 1.807) is 18.3 Å². The predicted molar refractivity (Wildman–Crippen MR) is 98.4 cm³/mol. The zero-order valence-electron chi connectivity index (χ0n) is 13.8. The number of benzene rings is 2. The number of halogens is 1. The molecule has 26 heavy (non-hydrogen) atoms. The minimum Gasteiger partial charge on any atom is -0.508 e. The van der Waals surface area contributed by atoms with Crippen LogP contribution in [0.1, 0.15) is 22.7 Å². The predicted octanol–water partition coefficient (Wildman–Crippen LogP) is 2.25. The smallest absolute Gasteiger partial charge is 0.132 e. The van der Waals surface area contributed by atoms with E-state index in [4.69, 9.17) is 10.8 Å². The maximum atomic E-state index is 14.6. The Bertz CT molecular complexity index is 1130. The van der Waals surface area contributed by atoms with Gasteiger partial charge in [0.15, 0.2) is 0 Å². The van der Waals surface area contributed by atoms with Crippen LogP contribution in [0, 0.1) is 5.82 Å². The van der Waals surface area contributed by atoms with E-state index in [1.807, 2.05) is 24.3 Å². The molecule has 0 radical (unpaired) electrons. The SMILES string of the molecule is C=CC1=c2ccccc2=NC(c2ccc(O)cc2F)c2c[nH]c(NN)c21. The fourth-order valence-corrected chi connectivity index (χ4v) is 3.40. The Morgan fingerprint density at radius 2 is 2.04 bits per heavy atom. The maximum absolute atomic E-state index is 14.6. The third-order valence-electron chi connectivity index (χ3n) is 4.56. The zero-order valence-corrected chi connectivity index (χ0v) is 13.8. The quantitative estimate of drug-likeness (QED) is 0.433. The third-order valence-corrected chi connectivity index (χ3v) is 4.56. The number of H-pyrrole nitrogens is 1. The number of aromatic nitrogens is 1. The molecule has 4 rings (SSSR count). The first kappa shape index (κ1) is 16.1. The second-order valence-electron chi connectivity index (χ2n) is 6.01. The van der Waals surface area contributed by atoms with Gasteiger partial charge in [0.1, 0.15) is 23.4 Å². The average Bonchev–Trinajstić information content (AvgIpc) is 3.00. The Morgan fingerprint density at radius 3 is 2.77 bits per heavy atom. The topological polar surface area (TPSA) is 86.4 Å². The highest BCUT2D eigenvalue weighted by molar-refractivity contribution is 5.83. The van der Waals surface area contributed by atoms with Gasteiger partial charge in [-0.2, -0.15) is 0 Å². The van der Waals surface area contributed by atoms with Gasteiger partial charge in [0, 0.05) is 34.2 Å². The number of phenols is 1. The number of nitrogens with one attached hydrogen (secondary N) is 2. The molecule has 5 nitrogen and oxygen atoms in total. The maximum Gasteiger partial charge on any atom is 0.132 e. The van der Waals surface area contributed by atoms with Crippen LogP contribution in [0.5, 0.6) is 5.75 Å². The van der Waals surface area contributed by atoms with E-state index in [-0.39, 0.29) is 5.75 Å². The highest BCUT2D eigenvalue weighted by atomic mass is 19.1. The molecule has 0 fully saturated rings. The number of anilines is 1. The summed E-state index contributed by atoms with van der Waals surface area (Å²) in [5.74, 6) is 5.63. The second-order valence-corrected chi connectivity index (χ2v) is 6.01. The number of para-hydroxylation sites is 1. The van der Waals surface area contributed by atoms with E-state index < -0.39 is 11.9 Å². The Labute approximate surface area is 149 Å². The second kappa shape index (κ2) is 6.16. The summed E-state index contributed by atoms with van der Waals surface area (Å²) in [6, 6.07) is 11.1. The summed E-state index contributed by atoms with van der Waals surface area (Å²) in [4.78, 5) is 7.89. The Morgan fingerprint density at radius 1 is 1.23 bits per heavy atom. The number of aromatic amines is 1. The molecule has 1 aromatic heterocycles. The van der Waals surface area contributed by atoms with Crippen LogP contribution in [0.3, 0.4) is 0 Å². The number of rotatable bonds is 3. The van der Waals surface area contributed by atoms with Gasteiger partial charge in [-0.25, -0.2) is 10.2 Å². The molecule has 1 aliphatic rings. The van der Waals surface area contributed by atoms with Crippen molar-refractivity contribution in [2.24, 2.45) is 10.8 Å². The van der Waals surface area contributed by atoms with Crippen LogP contribution >= 0.6 is 0 Å². The molecule has 1 aliphatic heterocycles. The van der Waals surface area contributed by atoms with Crippen molar-refractivity contribution in [3.63, 3.8) is 0 Å². The number of allylic oxidation sites excluding steroid dienone is 1. The van der Waals surface area contributed by atoms with Crippen molar-refractivity contribution in [3.05, 3.63) is 94.4 Å². The molecule has 6 heteroatoms. The molecule has 130 valence electrons. The first-order valence-corrected chi connectivity index (χ1v) is 8.10. The lowest BCUT2D eigenvalue weighted by molar-refractivity contribution is 0.467. The summed E-state index contributed by atoms with van der Waals surface area (Å²) in [7, 11) is 0. The minimum absolute atomic E-state index is 0.128. The molecule has 2 aromatic carbocycles. The summed E-state index contributed by atoms with van der Waals surface area (Å²) in [6.45, 7) is 3.94. The molecule has 0 saturated carbocycles. The minimum atomic E-state index is -0.595. The van der Waals surface area contributed by atoms with E-state index in [1.165, 1.54) is 6.07 Å². The first-order valence-electron chi connectivity index (χ1n) is 8.10. The molecule has 2 heterocycles. The summed E-state index contributed by atoms with van der Waals surface area (Å²) in [6.07, 6.45) is 3.51. The lowest BCUT2D eigenvalue weighted by Gasteiger charge is -2.14. The van der Waals surface area contributed by atoms with Crippen molar-refractivity contribution >= 4 is 11.4 Å². The molecule has 0 aliphatic carbocycles. The number of nitrogens with two attached hydrogens (primary N) is 1. The van der Waals surface area contributed by atoms with Gasteiger partial charge >= 0.3 is 0 Å². The molecule has 0 saturated heterocycles. The Balaban J connectivity index is 2.11. The molecule has 1 atom stereocenters. The number of nitrogens with zero attached hydrogens (tertiary/aromatic N) is 1. The Kier molecular flexibility index (Phi) is 3.82. The normalized spacial score (nSPS) is 15.5. The molecule has 3 aromatic rings. The van der Waals surface area contributed by atoms with Crippen molar-refractivity contribution in [2.45, 2.75) is 6.04 Å². The number of fused-ring (bicyclic) bond motifs is 2. The van der Waals surface area contributed by atoms with Crippen molar-refractivity contribution in [1.29, 1.82) is 0 Å². The van der Waals surface area contributed by atoms with E-state index in [0.29, 0.717) is 11.4 Å². The summed E-state index contributed by atoms with van der Waals surface area (Å²) < 4.78 is 14.6. The zero-order chi connectivity index (χ0) is 18.3. The number of phenolic OH excluding ortho intramolecular Hbond substituents is 1. The number of aromatic hydroxyl groups is 1. The van der Waals surface area contributed by atoms with Gasteiger partial charge < -0.3 is 15.5 Å². The van der Waals surface area contributed by atoms with Crippen LogP contribution in [0.25, 0.3) is 5.57 Å². The lowest BCUT2D eigenvalue weighted by atomic mass is 9.94. The number of hydrogen-bond acceptors (Lipinski definition) is 4. The lowest BCUT2D eigenvalue weighted by Crippen LogP contribution is -2.26. The van der Waals surface area contributed by atoms with Crippen LogP contribution in [-0.2, 0) is 0 Å². The van der Waals surface area contributed by atoms with Gasteiger partial charge in [0.25, 0.3) is 0 Å². The van der Waals surface area contributed by atoms with E-state index in [9.17, 15) is 9.50 Å². The molecule has 0 spiro atoms. The highest BCUT2D eigenvalue weighted by Crippen LogP contribution is 2.37. The highest BCUT2D eigenvalue weighted by Gasteiger charge is 2.26.